The van der Waals surface area contributed by atoms with Gasteiger partial charge in [0.25, 0.3) is 0 Å². The molecule has 0 aliphatic rings. The molecule has 0 aliphatic heterocycles. The third-order valence-electron chi connectivity index (χ3n) is 3.11. The van der Waals surface area contributed by atoms with Gasteiger partial charge < -0.3 is 15.2 Å². The van der Waals surface area contributed by atoms with Crippen molar-refractivity contribution in [3.63, 3.8) is 0 Å². The third-order valence-corrected chi connectivity index (χ3v) is 3.36. The summed E-state index contributed by atoms with van der Waals surface area (Å²) in [6.45, 7) is -0.318. The van der Waals surface area contributed by atoms with E-state index in [9.17, 15) is 9.90 Å². The van der Waals surface area contributed by atoms with Crippen LogP contribution < -0.4 is 10.4 Å². The van der Waals surface area contributed by atoms with E-state index < -0.39 is 5.97 Å². The maximum Gasteiger partial charge on any atom is 0.162 e. The number of carboxylic acids is 1. The average Bonchev–Trinajstić information content (AvgIpc) is 2.53. The van der Waals surface area contributed by atoms with E-state index in [4.69, 9.17) is 11.6 Å². The Balaban J connectivity index is 2.11. The van der Waals surface area contributed by atoms with Crippen molar-refractivity contribution in [2.24, 2.45) is 0 Å². The minimum absolute atomic E-state index is 0.318. The number of halogens is 1. The summed E-state index contributed by atoms with van der Waals surface area (Å²) in [5.41, 5.74) is 1.52. The van der Waals surface area contributed by atoms with Gasteiger partial charge in [-0.3, -0.25) is 0 Å². The third kappa shape index (κ3) is 2.99. The van der Waals surface area contributed by atoms with Crippen molar-refractivity contribution in [3.05, 3.63) is 53.6 Å². The molecule has 0 radical (unpaired) electrons. The van der Waals surface area contributed by atoms with Gasteiger partial charge in [0.1, 0.15) is 5.82 Å². The normalized spacial score (nSPS) is 10.6. The summed E-state index contributed by atoms with van der Waals surface area (Å²) in [5, 5.41) is 14.8. The van der Waals surface area contributed by atoms with Crippen LogP contribution in [0.3, 0.4) is 0 Å². The standard InChI is InChI=1S/C16H12ClN3O2/c17-11-7-5-10(6-8-11)15-19-13-4-2-1-3-12(13)16(20-15)18-9-14(21)22/h1-8H,9H2,(H,21,22)(H,18,19,20)/p-1. The fourth-order valence-corrected chi connectivity index (χ4v) is 2.22. The molecule has 110 valence electrons. The molecule has 0 amide bonds. The predicted octanol–water partition coefficient (Wildman–Crippen LogP) is 2.11. The van der Waals surface area contributed by atoms with E-state index >= 15 is 0 Å². The molecule has 3 rings (SSSR count). The number of benzene rings is 2. The lowest BCUT2D eigenvalue weighted by atomic mass is 10.2. The van der Waals surface area contributed by atoms with Crippen LogP contribution in [0.2, 0.25) is 5.02 Å². The van der Waals surface area contributed by atoms with Gasteiger partial charge in [0.15, 0.2) is 5.82 Å². The summed E-state index contributed by atoms with van der Waals surface area (Å²) >= 11 is 5.88. The van der Waals surface area contributed by atoms with Crippen LogP contribution in [0.4, 0.5) is 5.82 Å². The predicted molar refractivity (Wildman–Crippen MR) is 83.5 cm³/mol. The zero-order chi connectivity index (χ0) is 15.5. The molecule has 0 unspecified atom stereocenters. The fraction of sp³-hybridized carbons (Fsp3) is 0.0625. The number of hydrogen-bond acceptors (Lipinski definition) is 5. The number of aliphatic carboxylic acids is 1. The van der Waals surface area contributed by atoms with Gasteiger partial charge in [0.05, 0.1) is 18.0 Å². The summed E-state index contributed by atoms with van der Waals surface area (Å²) in [7, 11) is 0. The van der Waals surface area contributed by atoms with Crippen LogP contribution >= 0.6 is 11.6 Å². The quantitative estimate of drug-likeness (QED) is 0.798. The van der Waals surface area contributed by atoms with Crippen LogP contribution in [0.25, 0.3) is 22.3 Å². The van der Waals surface area contributed by atoms with E-state index in [1.807, 2.05) is 36.4 Å². The Hall–Kier alpha value is -2.66. The number of carbonyl (C=O) groups is 1. The zero-order valence-electron chi connectivity index (χ0n) is 11.4. The second kappa shape index (κ2) is 5.99. The lowest BCUT2D eigenvalue weighted by Gasteiger charge is -2.11. The van der Waals surface area contributed by atoms with Gasteiger partial charge in [-0.15, -0.1) is 0 Å². The van der Waals surface area contributed by atoms with Crippen molar-refractivity contribution in [1.29, 1.82) is 0 Å². The highest BCUT2D eigenvalue weighted by atomic mass is 35.5. The smallest absolute Gasteiger partial charge is 0.162 e. The summed E-state index contributed by atoms with van der Waals surface area (Å²) in [6.07, 6.45) is 0. The van der Waals surface area contributed by atoms with Crippen molar-refractivity contribution in [3.8, 4) is 11.4 Å². The van der Waals surface area contributed by atoms with E-state index in [1.165, 1.54) is 0 Å². The first-order valence-electron chi connectivity index (χ1n) is 6.60. The van der Waals surface area contributed by atoms with E-state index in [0.717, 1.165) is 16.5 Å². The SMILES string of the molecule is O=C([O-])CNc1nc(-c2ccc(Cl)cc2)nc2ccccc12. The summed E-state index contributed by atoms with van der Waals surface area (Å²) in [6, 6.07) is 14.5. The Kier molecular flexibility index (Phi) is 3.89. The average molecular weight is 313 g/mol. The summed E-state index contributed by atoms with van der Waals surface area (Å²) in [4.78, 5) is 19.6. The molecule has 0 saturated carbocycles. The molecule has 1 heterocycles. The molecule has 1 N–H and O–H groups in total. The lowest BCUT2D eigenvalue weighted by molar-refractivity contribution is -0.302. The highest BCUT2D eigenvalue weighted by Crippen LogP contribution is 2.25. The Labute approximate surface area is 131 Å². The van der Waals surface area contributed by atoms with Gasteiger partial charge in [0, 0.05) is 16.0 Å². The summed E-state index contributed by atoms with van der Waals surface area (Å²) in [5.74, 6) is -0.244. The molecule has 0 aliphatic carbocycles. The number of nitrogens with zero attached hydrogens (tertiary/aromatic N) is 2. The first-order valence-corrected chi connectivity index (χ1v) is 6.98. The van der Waals surface area contributed by atoms with E-state index in [-0.39, 0.29) is 6.54 Å². The maximum atomic E-state index is 10.7. The van der Waals surface area contributed by atoms with Crippen LogP contribution in [0.5, 0.6) is 0 Å². The molecule has 0 bridgehead atoms. The molecule has 2 aromatic carbocycles. The Morgan fingerprint density at radius 2 is 1.82 bits per heavy atom. The first-order chi connectivity index (χ1) is 10.6. The van der Waals surface area contributed by atoms with Crippen LogP contribution in [0.1, 0.15) is 0 Å². The van der Waals surface area contributed by atoms with Gasteiger partial charge in [-0.05, 0) is 36.4 Å². The topological polar surface area (TPSA) is 77.9 Å². The molecule has 0 saturated heterocycles. The number of para-hydroxylation sites is 1. The second-order valence-electron chi connectivity index (χ2n) is 4.65. The summed E-state index contributed by atoms with van der Waals surface area (Å²) < 4.78 is 0. The lowest BCUT2D eigenvalue weighted by Crippen LogP contribution is -2.30. The highest BCUT2D eigenvalue weighted by Gasteiger charge is 2.09. The molecular formula is C16H11ClN3O2-. The molecule has 0 spiro atoms. The number of aromatic nitrogens is 2. The number of hydrogen-bond donors (Lipinski definition) is 1. The highest BCUT2D eigenvalue weighted by molar-refractivity contribution is 6.30. The van der Waals surface area contributed by atoms with Crippen molar-refractivity contribution in [2.75, 3.05) is 11.9 Å². The minimum Gasteiger partial charge on any atom is -0.548 e. The first kappa shape index (κ1) is 14.3. The van der Waals surface area contributed by atoms with Crippen LogP contribution in [0, 0.1) is 0 Å². The van der Waals surface area contributed by atoms with Gasteiger partial charge in [-0.2, -0.15) is 0 Å². The van der Waals surface area contributed by atoms with Crippen molar-refractivity contribution < 1.29 is 9.90 Å². The number of carboxylic acid groups (broad SMARTS) is 1. The molecular weight excluding hydrogens is 302 g/mol. The Bertz CT molecular complexity index is 834. The van der Waals surface area contributed by atoms with Crippen LogP contribution in [-0.4, -0.2) is 22.5 Å². The van der Waals surface area contributed by atoms with Crippen molar-refractivity contribution >= 4 is 34.3 Å². The molecule has 5 nitrogen and oxygen atoms in total. The zero-order valence-corrected chi connectivity index (χ0v) is 12.2. The van der Waals surface area contributed by atoms with Gasteiger partial charge in [-0.25, -0.2) is 9.97 Å². The fourth-order valence-electron chi connectivity index (χ4n) is 2.10. The van der Waals surface area contributed by atoms with E-state index in [0.29, 0.717) is 16.7 Å². The van der Waals surface area contributed by atoms with Crippen LogP contribution in [0.15, 0.2) is 48.5 Å². The van der Waals surface area contributed by atoms with Crippen molar-refractivity contribution in [2.45, 2.75) is 0 Å². The molecule has 6 heteroatoms. The van der Waals surface area contributed by atoms with E-state index in [2.05, 4.69) is 15.3 Å². The van der Waals surface area contributed by atoms with Gasteiger partial charge in [0.2, 0.25) is 0 Å². The molecule has 0 atom stereocenters. The molecule has 3 aromatic rings. The number of carbonyl (C=O) groups excluding carboxylic acids is 1. The van der Waals surface area contributed by atoms with Crippen LogP contribution in [-0.2, 0) is 4.79 Å². The molecule has 22 heavy (non-hydrogen) atoms. The minimum atomic E-state index is -1.20. The largest absolute Gasteiger partial charge is 0.548 e. The molecule has 0 fully saturated rings. The molecule has 1 aromatic heterocycles. The van der Waals surface area contributed by atoms with E-state index in [1.54, 1.807) is 12.1 Å². The number of anilines is 1. The van der Waals surface area contributed by atoms with Gasteiger partial charge >= 0.3 is 0 Å². The van der Waals surface area contributed by atoms with Gasteiger partial charge in [-0.1, -0.05) is 23.7 Å². The monoisotopic (exact) mass is 312 g/mol. The van der Waals surface area contributed by atoms with Crippen molar-refractivity contribution in [1.82, 2.24) is 9.97 Å². The Morgan fingerprint density at radius 3 is 2.55 bits per heavy atom. The number of fused-ring (bicyclic) bond motifs is 1. The number of rotatable bonds is 4. The Morgan fingerprint density at radius 1 is 1.09 bits per heavy atom. The maximum absolute atomic E-state index is 10.7. The number of nitrogens with one attached hydrogen (secondary N) is 1. The second-order valence-corrected chi connectivity index (χ2v) is 5.08.